The van der Waals surface area contributed by atoms with Gasteiger partial charge in [0.15, 0.2) is 0 Å². The second-order valence-corrected chi connectivity index (χ2v) is 7.77. The predicted molar refractivity (Wildman–Crippen MR) is 83.3 cm³/mol. The summed E-state index contributed by atoms with van der Waals surface area (Å²) in [6.45, 7) is 6.95. The van der Waals surface area contributed by atoms with Gasteiger partial charge >= 0.3 is 0 Å². The first kappa shape index (κ1) is 14.0. The molecule has 0 aromatic heterocycles. The van der Waals surface area contributed by atoms with Gasteiger partial charge in [-0.05, 0) is 29.4 Å². The summed E-state index contributed by atoms with van der Waals surface area (Å²) in [6.07, 6.45) is 7.21. The molecule has 1 saturated carbocycles. The molecule has 18 heavy (non-hydrogen) atoms. The minimum absolute atomic E-state index is 0.268. The molecule has 0 nitrogen and oxygen atoms in total. The third kappa shape index (κ3) is 3.78. The second kappa shape index (κ2) is 6.14. The largest absolute Gasteiger partial charge is 0.154 e. The first-order valence-electron chi connectivity index (χ1n) is 7.27. The van der Waals surface area contributed by atoms with Crippen molar-refractivity contribution in [1.82, 2.24) is 0 Å². The lowest BCUT2D eigenvalue weighted by Crippen LogP contribution is -2.14. The molecule has 0 amide bonds. The molecule has 0 saturated heterocycles. The van der Waals surface area contributed by atoms with Gasteiger partial charge in [-0.15, -0.1) is 0 Å². The maximum atomic E-state index is 2.32. The highest BCUT2D eigenvalue weighted by Gasteiger charge is 2.19. The monoisotopic (exact) mass is 262 g/mol. The van der Waals surface area contributed by atoms with E-state index in [0.29, 0.717) is 0 Å². The SMILES string of the molecule is CC(C)(C)c1ccccc1CSC1CCCCC1. The van der Waals surface area contributed by atoms with Gasteiger partial charge in [-0.1, -0.05) is 64.3 Å². The highest BCUT2D eigenvalue weighted by molar-refractivity contribution is 7.99. The zero-order chi connectivity index (χ0) is 13.0. The molecule has 0 heterocycles. The highest BCUT2D eigenvalue weighted by atomic mass is 32.2. The molecular weight excluding hydrogens is 236 g/mol. The number of hydrogen-bond donors (Lipinski definition) is 0. The number of benzene rings is 1. The maximum absolute atomic E-state index is 2.32. The van der Waals surface area contributed by atoms with Crippen LogP contribution in [0.4, 0.5) is 0 Å². The van der Waals surface area contributed by atoms with Crippen LogP contribution in [0.25, 0.3) is 0 Å². The van der Waals surface area contributed by atoms with Crippen molar-refractivity contribution in [1.29, 1.82) is 0 Å². The summed E-state index contributed by atoms with van der Waals surface area (Å²) in [5.74, 6) is 1.19. The van der Waals surface area contributed by atoms with Crippen LogP contribution < -0.4 is 0 Å². The fourth-order valence-corrected chi connectivity index (χ4v) is 4.15. The van der Waals surface area contributed by atoms with E-state index in [0.717, 1.165) is 5.25 Å². The zero-order valence-electron chi connectivity index (χ0n) is 12.0. The van der Waals surface area contributed by atoms with Crippen LogP contribution in [0.5, 0.6) is 0 Å². The van der Waals surface area contributed by atoms with E-state index in [1.807, 2.05) is 0 Å². The lowest BCUT2D eigenvalue weighted by Gasteiger charge is -2.25. The minimum Gasteiger partial charge on any atom is -0.154 e. The molecule has 1 heteroatoms. The molecule has 0 spiro atoms. The smallest absolute Gasteiger partial charge is 0.0190 e. The number of thioether (sulfide) groups is 1. The summed E-state index contributed by atoms with van der Waals surface area (Å²) in [7, 11) is 0. The number of rotatable bonds is 3. The molecule has 1 aliphatic carbocycles. The van der Waals surface area contributed by atoms with E-state index < -0.39 is 0 Å². The minimum atomic E-state index is 0.268. The first-order valence-corrected chi connectivity index (χ1v) is 8.32. The van der Waals surface area contributed by atoms with E-state index in [1.165, 1.54) is 43.4 Å². The lowest BCUT2D eigenvalue weighted by molar-refractivity contribution is 0.516. The summed E-state index contributed by atoms with van der Waals surface area (Å²) in [6, 6.07) is 8.98. The van der Waals surface area contributed by atoms with Gasteiger partial charge in [0, 0.05) is 11.0 Å². The third-order valence-electron chi connectivity index (χ3n) is 3.85. The van der Waals surface area contributed by atoms with Crippen molar-refractivity contribution in [3.05, 3.63) is 35.4 Å². The lowest BCUT2D eigenvalue weighted by atomic mass is 9.84. The van der Waals surface area contributed by atoms with Crippen molar-refractivity contribution in [2.75, 3.05) is 0 Å². The summed E-state index contributed by atoms with van der Waals surface area (Å²) in [5.41, 5.74) is 3.33. The van der Waals surface area contributed by atoms with Crippen molar-refractivity contribution in [3.63, 3.8) is 0 Å². The Morgan fingerprint density at radius 2 is 1.72 bits per heavy atom. The Morgan fingerprint density at radius 1 is 1.06 bits per heavy atom. The fraction of sp³-hybridized carbons (Fsp3) is 0.647. The van der Waals surface area contributed by atoms with Gasteiger partial charge in [-0.2, -0.15) is 11.8 Å². The summed E-state index contributed by atoms with van der Waals surface area (Å²) in [4.78, 5) is 0. The van der Waals surface area contributed by atoms with Crippen LogP contribution in [0.15, 0.2) is 24.3 Å². The van der Waals surface area contributed by atoms with Gasteiger partial charge < -0.3 is 0 Å². The van der Waals surface area contributed by atoms with Gasteiger partial charge in [0.25, 0.3) is 0 Å². The Labute approximate surface area is 117 Å². The van der Waals surface area contributed by atoms with Gasteiger partial charge in [0.05, 0.1) is 0 Å². The van der Waals surface area contributed by atoms with E-state index >= 15 is 0 Å². The van der Waals surface area contributed by atoms with Gasteiger partial charge in [-0.3, -0.25) is 0 Å². The number of hydrogen-bond acceptors (Lipinski definition) is 1. The molecule has 0 aliphatic heterocycles. The van der Waals surface area contributed by atoms with Crippen LogP contribution in [0.3, 0.4) is 0 Å². The zero-order valence-corrected chi connectivity index (χ0v) is 12.9. The Balaban J connectivity index is 2.00. The van der Waals surface area contributed by atoms with Crippen molar-refractivity contribution in [2.45, 2.75) is 69.3 Å². The Bertz CT molecular complexity index is 369. The molecule has 0 N–H and O–H groups in total. The molecule has 0 radical (unpaired) electrons. The molecular formula is C17H26S. The van der Waals surface area contributed by atoms with Crippen LogP contribution >= 0.6 is 11.8 Å². The average molecular weight is 262 g/mol. The van der Waals surface area contributed by atoms with Crippen molar-refractivity contribution < 1.29 is 0 Å². The van der Waals surface area contributed by atoms with Crippen LogP contribution in [0, 0.1) is 0 Å². The molecule has 1 aliphatic rings. The molecule has 0 unspecified atom stereocenters. The Hall–Kier alpha value is -0.430. The van der Waals surface area contributed by atoms with Crippen LogP contribution in [-0.4, -0.2) is 5.25 Å². The fourth-order valence-electron chi connectivity index (χ4n) is 2.82. The Kier molecular flexibility index (Phi) is 4.77. The molecule has 2 rings (SSSR count). The summed E-state index contributed by atoms with van der Waals surface area (Å²) >= 11 is 2.18. The average Bonchev–Trinajstić information content (AvgIpc) is 2.37. The van der Waals surface area contributed by atoms with E-state index in [2.05, 4.69) is 56.8 Å². The van der Waals surface area contributed by atoms with Gasteiger partial charge in [-0.25, -0.2) is 0 Å². The predicted octanol–water partition coefficient (Wildman–Crippen LogP) is 5.55. The summed E-state index contributed by atoms with van der Waals surface area (Å²) in [5, 5.41) is 0.909. The molecule has 1 aromatic carbocycles. The highest BCUT2D eigenvalue weighted by Crippen LogP contribution is 2.33. The van der Waals surface area contributed by atoms with Crippen LogP contribution in [-0.2, 0) is 11.2 Å². The van der Waals surface area contributed by atoms with Gasteiger partial charge in [0.2, 0.25) is 0 Å². The van der Waals surface area contributed by atoms with Crippen molar-refractivity contribution >= 4 is 11.8 Å². The molecule has 100 valence electrons. The summed E-state index contributed by atoms with van der Waals surface area (Å²) < 4.78 is 0. The normalized spacial score (nSPS) is 17.9. The van der Waals surface area contributed by atoms with E-state index in [1.54, 1.807) is 5.56 Å². The van der Waals surface area contributed by atoms with Crippen LogP contribution in [0.1, 0.15) is 64.0 Å². The maximum Gasteiger partial charge on any atom is 0.0190 e. The van der Waals surface area contributed by atoms with Crippen LogP contribution in [0.2, 0.25) is 0 Å². The molecule has 0 bridgehead atoms. The first-order chi connectivity index (χ1) is 8.57. The quantitative estimate of drug-likeness (QED) is 0.688. The molecule has 1 fully saturated rings. The van der Waals surface area contributed by atoms with Crippen molar-refractivity contribution in [3.8, 4) is 0 Å². The topological polar surface area (TPSA) is 0 Å². The molecule has 0 atom stereocenters. The van der Waals surface area contributed by atoms with E-state index in [-0.39, 0.29) is 5.41 Å². The Morgan fingerprint density at radius 3 is 2.39 bits per heavy atom. The van der Waals surface area contributed by atoms with Crippen molar-refractivity contribution in [2.24, 2.45) is 0 Å². The van der Waals surface area contributed by atoms with E-state index in [9.17, 15) is 0 Å². The third-order valence-corrected chi connectivity index (χ3v) is 5.27. The van der Waals surface area contributed by atoms with Gasteiger partial charge in [0.1, 0.15) is 0 Å². The van der Waals surface area contributed by atoms with E-state index in [4.69, 9.17) is 0 Å². The molecule has 1 aromatic rings. The second-order valence-electron chi connectivity index (χ2n) is 6.48. The standard InChI is InChI=1S/C17H26S/c1-17(2,3)16-12-8-7-9-14(16)13-18-15-10-5-4-6-11-15/h7-9,12,15H,4-6,10-11,13H2,1-3H3.